The molecule has 1 aliphatic heterocycles. The predicted molar refractivity (Wildman–Crippen MR) is 129 cm³/mol. The minimum absolute atomic E-state index is 0.106. The molecule has 0 aromatic heterocycles. The fourth-order valence-corrected chi connectivity index (χ4v) is 4.32. The zero-order valence-electron chi connectivity index (χ0n) is 20.0. The van der Waals surface area contributed by atoms with Crippen molar-refractivity contribution in [2.24, 2.45) is 0 Å². The Labute approximate surface area is 191 Å². The van der Waals surface area contributed by atoms with Gasteiger partial charge in [0.25, 0.3) is 0 Å². The highest BCUT2D eigenvalue weighted by molar-refractivity contribution is 6.05. The van der Waals surface area contributed by atoms with E-state index in [1.165, 1.54) is 36.7 Å². The zero-order valence-corrected chi connectivity index (χ0v) is 20.0. The van der Waals surface area contributed by atoms with Crippen LogP contribution in [0.25, 0.3) is 6.08 Å². The van der Waals surface area contributed by atoms with Crippen LogP contribution in [0.4, 0.5) is 5.69 Å². The Kier molecular flexibility index (Phi) is 7.39. The quantitative estimate of drug-likeness (QED) is 0.212. The molecule has 170 valence electrons. The van der Waals surface area contributed by atoms with E-state index in [-0.39, 0.29) is 5.41 Å². The molecule has 3 rings (SSSR count). The Morgan fingerprint density at radius 2 is 1.69 bits per heavy atom. The minimum Gasteiger partial charge on any atom is -0.493 e. The molecular formula is C27H34NO4+. The van der Waals surface area contributed by atoms with Gasteiger partial charge in [-0.05, 0) is 44.0 Å². The molecule has 32 heavy (non-hydrogen) atoms. The summed E-state index contributed by atoms with van der Waals surface area (Å²) in [5, 5.41) is 0. The van der Waals surface area contributed by atoms with Crippen molar-refractivity contribution in [2.45, 2.75) is 52.4 Å². The van der Waals surface area contributed by atoms with Crippen molar-refractivity contribution in [2.75, 3.05) is 20.8 Å². The van der Waals surface area contributed by atoms with Crippen LogP contribution in [0.2, 0.25) is 0 Å². The third-order valence-corrected chi connectivity index (χ3v) is 5.95. The van der Waals surface area contributed by atoms with Crippen LogP contribution in [-0.2, 0) is 10.2 Å². The molecule has 2 aromatic carbocycles. The number of carbonyl (C=O) groups is 1. The van der Waals surface area contributed by atoms with Gasteiger partial charge in [-0.3, -0.25) is 4.79 Å². The van der Waals surface area contributed by atoms with E-state index in [1.54, 1.807) is 14.2 Å². The van der Waals surface area contributed by atoms with Crippen molar-refractivity contribution in [1.82, 2.24) is 0 Å². The molecule has 0 spiro atoms. The molecule has 0 aliphatic carbocycles. The van der Waals surface area contributed by atoms with Crippen LogP contribution >= 0.6 is 0 Å². The van der Waals surface area contributed by atoms with Crippen LogP contribution in [0.15, 0.2) is 42.5 Å². The molecular weight excluding hydrogens is 402 g/mol. The number of rotatable bonds is 9. The SMILES string of the molecule is CCCCC[N+]1=C(/C=C/c2cc(OC)c(OC(C)=O)c(OC)c2)C(C)(C)c2ccccc21. The molecule has 0 bridgehead atoms. The van der Waals surface area contributed by atoms with Gasteiger partial charge < -0.3 is 14.2 Å². The summed E-state index contributed by atoms with van der Waals surface area (Å²) < 4.78 is 18.7. The third-order valence-electron chi connectivity index (χ3n) is 5.95. The number of para-hydroxylation sites is 1. The number of hydrogen-bond donors (Lipinski definition) is 0. The molecule has 5 heteroatoms. The first-order chi connectivity index (χ1) is 15.3. The lowest BCUT2D eigenvalue weighted by Gasteiger charge is -2.16. The fraction of sp³-hybridized carbons (Fsp3) is 0.407. The number of nitrogens with zero attached hydrogens (tertiary/aromatic N) is 1. The molecule has 0 radical (unpaired) electrons. The normalized spacial score (nSPS) is 14.6. The van der Waals surface area contributed by atoms with Gasteiger partial charge in [0.05, 0.1) is 19.6 Å². The van der Waals surface area contributed by atoms with E-state index < -0.39 is 5.97 Å². The molecule has 2 aromatic rings. The van der Waals surface area contributed by atoms with Gasteiger partial charge in [0.2, 0.25) is 11.4 Å². The minimum atomic E-state index is -0.423. The van der Waals surface area contributed by atoms with Crippen LogP contribution in [0.5, 0.6) is 17.2 Å². The molecule has 0 saturated heterocycles. The van der Waals surface area contributed by atoms with Gasteiger partial charge in [0, 0.05) is 31.1 Å². The molecule has 1 heterocycles. The van der Waals surface area contributed by atoms with Gasteiger partial charge in [-0.1, -0.05) is 31.5 Å². The van der Waals surface area contributed by atoms with Gasteiger partial charge >= 0.3 is 5.97 Å². The van der Waals surface area contributed by atoms with E-state index in [9.17, 15) is 4.79 Å². The van der Waals surface area contributed by atoms with Crippen LogP contribution in [0.3, 0.4) is 0 Å². The molecule has 0 N–H and O–H groups in total. The van der Waals surface area contributed by atoms with Crippen molar-refractivity contribution < 1.29 is 23.6 Å². The van der Waals surface area contributed by atoms with Crippen molar-refractivity contribution in [3.05, 3.63) is 53.6 Å². The lowest BCUT2D eigenvalue weighted by molar-refractivity contribution is -0.438. The van der Waals surface area contributed by atoms with Gasteiger partial charge in [-0.15, -0.1) is 0 Å². The first-order valence-corrected chi connectivity index (χ1v) is 11.2. The lowest BCUT2D eigenvalue weighted by atomic mass is 9.81. The largest absolute Gasteiger partial charge is 0.493 e. The summed E-state index contributed by atoms with van der Waals surface area (Å²) in [7, 11) is 3.10. The monoisotopic (exact) mass is 436 g/mol. The van der Waals surface area contributed by atoms with E-state index in [0.717, 1.165) is 18.5 Å². The average molecular weight is 437 g/mol. The van der Waals surface area contributed by atoms with Crippen molar-refractivity contribution in [1.29, 1.82) is 0 Å². The Hall–Kier alpha value is -3.08. The zero-order chi connectivity index (χ0) is 23.3. The van der Waals surface area contributed by atoms with Gasteiger partial charge in [-0.25, -0.2) is 0 Å². The van der Waals surface area contributed by atoms with E-state index in [2.05, 4.69) is 61.8 Å². The second-order valence-electron chi connectivity index (χ2n) is 8.57. The van der Waals surface area contributed by atoms with Crippen LogP contribution in [-0.4, -0.2) is 37.0 Å². The number of allylic oxidation sites excluding steroid dienone is 1. The summed E-state index contributed by atoms with van der Waals surface area (Å²) in [5.41, 5.74) is 4.69. The van der Waals surface area contributed by atoms with E-state index in [0.29, 0.717) is 17.2 Å². The van der Waals surface area contributed by atoms with Crippen molar-refractivity contribution in [3.63, 3.8) is 0 Å². The number of carbonyl (C=O) groups excluding carboxylic acids is 1. The number of methoxy groups -OCH3 is 2. The number of ether oxygens (including phenoxy) is 3. The summed E-state index contributed by atoms with van der Waals surface area (Å²) >= 11 is 0. The number of esters is 1. The number of hydrogen-bond acceptors (Lipinski definition) is 4. The van der Waals surface area contributed by atoms with Crippen LogP contribution in [0.1, 0.15) is 58.1 Å². The fourth-order valence-electron chi connectivity index (χ4n) is 4.32. The molecule has 0 amide bonds. The summed E-state index contributed by atoms with van der Waals surface area (Å²) in [4.78, 5) is 11.5. The van der Waals surface area contributed by atoms with Crippen molar-refractivity contribution in [3.8, 4) is 17.2 Å². The highest BCUT2D eigenvalue weighted by atomic mass is 16.6. The molecule has 0 unspecified atom stereocenters. The van der Waals surface area contributed by atoms with Crippen LogP contribution < -0.4 is 14.2 Å². The van der Waals surface area contributed by atoms with E-state index in [1.807, 2.05) is 12.1 Å². The van der Waals surface area contributed by atoms with Crippen LogP contribution in [0, 0.1) is 0 Å². The molecule has 0 fully saturated rings. The average Bonchev–Trinajstić information content (AvgIpc) is 2.99. The first-order valence-electron chi connectivity index (χ1n) is 11.2. The molecule has 0 atom stereocenters. The molecule has 0 saturated carbocycles. The maximum Gasteiger partial charge on any atom is 0.308 e. The first kappa shape index (κ1) is 23.6. The highest BCUT2D eigenvalue weighted by Crippen LogP contribution is 2.41. The lowest BCUT2D eigenvalue weighted by Crippen LogP contribution is -2.27. The summed E-state index contributed by atoms with van der Waals surface area (Å²) in [6.07, 6.45) is 7.81. The van der Waals surface area contributed by atoms with E-state index in [4.69, 9.17) is 14.2 Å². The summed E-state index contributed by atoms with van der Waals surface area (Å²) in [6, 6.07) is 12.4. The Morgan fingerprint density at radius 3 is 2.28 bits per heavy atom. The number of fused-ring (bicyclic) bond motifs is 1. The Morgan fingerprint density at radius 1 is 1.03 bits per heavy atom. The second kappa shape index (κ2) is 10.0. The Bertz CT molecular complexity index is 1020. The standard InChI is InChI=1S/C27H34NO4/c1-7-8-11-16-28-22-13-10-9-12-21(22)27(3,4)25(28)15-14-20-17-23(30-5)26(32-19(2)29)24(18-20)31-6/h9-10,12-15,17-18H,7-8,11,16H2,1-6H3/q+1/b15-14+. The number of benzene rings is 2. The highest BCUT2D eigenvalue weighted by Gasteiger charge is 2.43. The van der Waals surface area contributed by atoms with Gasteiger partial charge in [0.15, 0.2) is 17.2 Å². The second-order valence-corrected chi connectivity index (χ2v) is 8.57. The molecule has 1 aliphatic rings. The van der Waals surface area contributed by atoms with Gasteiger partial charge in [0.1, 0.15) is 6.54 Å². The predicted octanol–water partition coefficient (Wildman–Crippen LogP) is 5.91. The topological polar surface area (TPSA) is 47.8 Å². The molecule has 5 nitrogen and oxygen atoms in total. The Balaban J connectivity index is 2.04. The van der Waals surface area contributed by atoms with Gasteiger partial charge in [-0.2, -0.15) is 4.58 Å². The maximum absolute atomic E-state index is 11.5. The maximum atomic E-state index is 11.5. The summed E-state index contributed by atoms with van der Waals surface area (Å²) in [5.74, 6) is 0.784. The summed E-state index contributed by atoms with van der Waals surface area (Å²) in [6.45, 7) is 9.13. The smallest absolute Gasteiger partial charge is 0.308 e. The number of unbranched alkanes of at least 4 members (excludes halogenated alkanes) is 2. The van der Waals surface area contributed by atoms with Crippen molar-refractivity contribution >= 4 is 23.4 Å². The van der Waals surface area contributed by atoms with E-state index >= 15 is 0 Å². The third kappa shape index (κ3) is 4.72.